The zero-order chi connectivity index (χ0) is 11.8. The highest BCUT2D eigenvalue weighted by Crippen LogP contribution is 2.27. The first-order chi connectivity index (χ1) is 8.20. The van der Waals surface area contributed by atoms with Crippen molar-refractivity contribution in [3.05, 3.63) is 15.5 Å². The Morgan fingerprint density at radius 1 is 1.59 bits per heavy atom. The van der Waals surface area contributed by atoms with Crippen LogP contribution in [0.15, 0.2) is 6.20 Å². The molecule has 2 fully saturated rings. The highest BCUT2D eigenvalue weighted by Gasteiger charge is 2.33. The van der Waals surface area contributed by atoms with Crippen molar-refractivity contribution in [1.29, 1.82) is 0 Å². The summed E-state index contributed by atoms with van der Waals surface area (Å²) in [6.07, 6.45) is 3.89. The van der Waals surface area contributed by atoms with E-state index in [-0.39, 0.29) is 11.9 Å². The summed E-state index contributed by atoms with van der Waals surface area (Å²) in [5.74, 6) is 0.670. The van der Waals surface area contributed by atoms with Gasteiger partial charge in [-0.2, -0.15) is 0 Å². The van der Waals surface area contributed by atoms with Crippen LogP contribution in [0, 0.1) is 5.92 Å². The number of aromatic nitrogens is 1. The lowest BCUT2D eigenvalue weighted by Gasteiger charge is -2.30. The van der Waals surface area contributed by atoms with E-state index in [0.29, 0.717) is 9.34 Å². The molecule has 0 radical (unpaired) electrons. The second-order valence-electron chi connectivity index (χ2n) is 4.79. The zero-order valence-electron chi connectivity index (χ0n) is 9.36. The van der Waals surface area contributed by atoms with Gasteiger partial charge in [0.15, 0.2) is 5.01 Å². The van der Waals surface area contributed by atoms with Gasteiger partial charge in [-0.15, -0.1) is 0 Å². The van der Waals surface area contributed by atoms with Crippen molar-refractivity contribution in [2.75, 3.05) is 19.6 Å². The smallest absolute Gasteiger partial charge is 0.280 e. The third-order valence-corrected chi connectivity index (χ3v) is 4.59. The molecule has 0 spiro atoms. The molecule has 0 aromatic carbocycles. The van der Waals surface area contributed by atoms with Crippen LogP contribution in [-0.2, 0) is 0 Å². The van der Waals surface area contributed by atoms with Gasteiger partial charge < -0.3 is 10.2 Å². The number of nitrogens with zero attached hydrogens (tertiary/aromatic N) is 2. The fraction of sp³-hybridized carbons (Fsp3) is 0.636. The minimum atomic E-state index is -0.0885. The van der Waals surface area contributed by atoms with E-state index in [4.69, 9.17) is 11.6 Å². The Morgan fingerprint density at radius 3 is 3.18 bits per heavy atom. The molecule has 1 N–H and O–H groups in total. The van der Waals surface area contributed by atoms with E-state index < -0.39 is 0 Å². The monoisotopic (exact) mass is 271 g/mol. The number of hydrogen-bond donors (Lipinski definition) is 1. The fourth-order valence-corrected chi connectivity index (χ4v) is 3.59. The molecule has 3 unspecified atom stereocenters. The van der Waals surface area contributed by atoms with E-state index in [1.807, 2.05) is 0 Å². The average molecular weight is 272 g/mol. The fourth-order valence-electron chi connectivity index (χ4n) is 2.77. The molecule has 0 saturated carbocycles. The second-order valence-corrected chi connectivity index (χ2v) is 6.45. The number of piperidine rings is 1. The Morgan fingerprint density at radius 2 is 2.47 bits per heavy atom. The Kier molecular flexibility index (Phi) is 3.06. The van der Waals surface area contributed by atoms with Crippen LogP contribution in [0.2, 0.25) is 4.34 Å². The van der Waals surface area contributed by atoms with Crippen LogP contribution < -0.4 is 5.32 Å². The van der Waals surface area contributed by atoms with Crippen molar-refractivity contribution in [2.24, 2.45) is 5.92 Å². The lowest BCUT2D eigenvalue weighted by atomic mass is 9.97. The standard InChI is InChI=1S/C11H14ClN3OS/c12-9-4-13-11(17-9)10(16)14-8-3-7-1-2-15(5-7)6-8/h4,7-8H,1-3,5-6H2,(H,14,16). The van der Waals surface area contributed by atoms with Crippen LogP contribution in [0.5, 0.6) is 0 Å². The molecular weight excluding hydrogens is 258 g/mol. The minimum absolute atomic E-state index is 0.0885. The first-order valence-electron chi connectivity index (χ1n) is 5.85. The lowest BCUT2D eigenvalue weighted by molar-refractivity contribution is 0.0909. The zero-order valence-corrected chi connectivity index (χ0v) is 10.9. The molecule has 3 heterocycles. The molecule has 3 atom stereocenters. The molecule has 4 nitrogen and oxygen atoms in total. The quantitative estimate of drug-likeness (QED) is 0.889. The van der Waals surface area contributed by atoms with Gasteiger partial charge in [-0.05, 0) is 25.3 Å². The van der Waals surface area contributed by atoms with Gasteiger partial charge in [0.2, 0.25) is 0 Å². The summed E-state index contributed by atoms with van der Waals surface area (Å²) in [6, 6.07) is 0.270. The van der Waals surface area contributed by atoms with Gasteiger partial charge >= 0.3 is 0 Å². The number of nitrogens with one attached hydrogen (secondary N) is 1. The van der Waals surface area contributed by atoms with E-state index in [0.717, 1.165) is 18.9 Å². The maximum atomic E-state index is 11.9. The van der Waals surface area contributed by atoms with Gasteiger partial charge in [-0.25, -0.2) is 4.98 Å². The summed E-state index contributed by atoms with van der Waals surface area (Å²) in [4.78, 5) is 18.3. The number of carbonyl (C=O) groups excluding carboxylic acids is 1. The molecule has 2 aliphatic rings. The predicted octanol–water partition coefficient (Wildman–Crippen LogP) is 1.62. The molecule has 92 valence electrons. The maximum Gasteiger partial charge on any atom is 0.280 e. The summed E-state index contributed by atoms with van der Waals surface area (Å²) in [7, 11) is 0. The number of carbonyl (C=O) groups is 1. The van der Waals surface area contributed by atoms with Gasteiger partial charge in [-0.3, -0.25) is 4.79 Å². The topological polar surface area (TPSA) is 45.2 Å². The molecule has 2 aliphatic heterocycles. The SMILES string of the molecule is O=C(NC1CC2CCN(C2)C1)c1ncc(Cl)s1. The first kappa shape index (κ1) is 11.4. The van der Waals surface area contributed by atoms with E-state index in [1.165, 1.54) is 37.0 Å². The number of thiazole rings is 1. The largest absolute Gasteiger partial charge is 0.346 e. The van der Waals surface area contributed by atoms with Crippen LogP contribution in [0.4, 0.5) is 0 Å². The molecule has 1 aromatic heterocycles. The van der Waals surface area contributed by atoms with Crippen molar-refractivity contribution in [3.63, 3.8) is 0 Å². The molecule has 3 rings (SSSR count). The number of rotatable bonds is 2. The van der Waals surface area contributed by atoms with Gasteiger partial charge in [0.1, 0.15) is 4.34 Å². The summed E-state index contributed by atoms with van der Waals surface area (Å²) in [5, 5.41) is 3.52. The molecule has 6 heteroatoms. The number of hydrogen-bond acceptors (Lipinski definition) is 4. The van der Waals surface area contributed by atoms with Crippen molar-refractivity contribution >= 4 is 28.8 Å². The Bertz CT molecular complexity index is 424. The Hall–Kier alpha value is -0.650. The van der Waals surface area contributed by atoms with Gasteiger partial charge in [0, 0.05) is 19.1 Å². The van der Waals surface area contributed by atoms with Gasteiger partial charge in [0.05, 0.1) is 6.20 Å². The van der Waals surface area contributed by atoms with Crippen molar-refractivity contribution < 1.29 is 4.79 Å². The summed E-state index contributed by atoms with van der Waals surface area (Å²) in [5.41, 5.74) is 0. The number of halogens is 1. The van der Waals surface area contributed by atoms with Crippen LogP contribution in [0.1, 0.15) is 22.6 Å². The van der Waals surface area contributed by atoms with E-state index in [2.05, 4.69) is 15.2 Å². The van der Waals surface area contributed by atoms with E-state index in [1.54, 1.807) is 0 Å². The third-order valence-electron chi connectivity index (χ3n) is 3.47. The average Bonchev–Trinajstić information content (AvgIpc) is 2.85. The van der Waals surface area contributed by atoms with Crippen molar-refractivity contribution in [3.8, 4) is 0 Å². The lowest BCUT2D eigenvalue weighted by Crippen LogP contribution is -2.46. The molecule has 17 heavy (non-hydrogen) atoms. The van der Waals surface area contributed by atoms with E-state index >= 15 is 0 Å². The highest BCUT2D eigenvalue weighted by atomic mass is 35.5. The molecule has 0 aliphatic carbocycles. The van der Waals surface area contributed by atoms with Crippen LogP contribution >= 0.6 is 22.9 Å². The number of fused-ring (bicyclic) bond motifs is 2. The Labute approximate surface area is 109 Å². The highest BCUT2D eigenvalue weighted by molar-refractivity contribution is 7.17. The van der Waals surface area contributed by atoms with Crippen molar-refractivity contribution in [2.45, 2.75) is 18.9 Å². The third kappa shape index (κ3) is 2.46. The van der Waals surface area contributed by atoms with Crippen LogP contribution in [-0.4, -0.2) is 41.5 Å². The molecule has 1 amide bonds. The predicted molar refractivity (Wildman–Crippen MR) is 67.5 cm³/mol. The first-order valence-corrected chi connectivity index (χ1v) is 7.04. The second kappa shape index (κ2) is 4.55. The number of amides is 1. The molecule has 2 saturated heterocycles. The van der Waals surface area contributed by atoms with Crippen LogP contribution in [0.25, 0.3) is 0 Å². The van der Waals surface area contributed by atoms with Crippen LogP contribution in [0.3, 0.4) is 0 Å². The minimum Gasteiger partial charge on any atom is -0.346 e. The molecule has 2 bridgehead atoms. The summed E-state index contributed by atoms with van der Waals surface area (Å²) in [6.45, 7) is 3.36. The van der Waals surface area contributed by atoms with Gasteiger partial charge in [-0.1, -0.05) is 22.9 Å². The normalized spacial score (nSPS) is 31.5. The summed E-state index contributed by atoms with van der Waals surface area (Å²) < 4.78 is 0.558. The molecular formula is C11H14ClN3OS. The maximum absolute atomic E-state index is 11.9. The Balaban J connectivity index is 1.62. The van der Waals surface area contributed by atoms with Gasteiger partial charge in [0.25, 0.3) is 5.91 Å². The molecule has 1 aromatic rings. The summed E-state index contributed by atoms with van der Waals surface area (Å²) >= 11 is 7.00. The van der Waals surface area contributed by atoms with Crippen molar-refractivity contribution in [1.82, 2.24) is 15.2 Å². The van der Waals surface area contributed by atoms with E-state index in [9.17, 15) is 4.79 Å².